The van der Waals surface area contributed by atoms with Gasteiger partial charge in [-0.15, -0.1) is 0 Å². The molecule has 0 fully saturated rings. The highest BCUT2D eigenvalue weighted by Crippen LogP contribution is 2.41. The van der Waals surface area contributed by atoms with Gasteiger partial charge in [0.1, 0.15) is 28.8 Å². The quantitative estimate of drug-likeness (QED) is 0.892. The molecule has 0 radical (unpaired) electrons. The Bertz CT molecular complexity index is 749. The average molecular weight is 296 g/mol. The number of rotatable bonds is 2. The number of nitrogens with zero attached hydrogens (tertiary/aromatic N) is 1. The lowest BCUT2D eigenvalue weighted by atomic mass is 9.89. The summed E-state index contributed by atoms with van der Waals surface area (Å²) in [5.74, 6) is 0.318. The van der Waals surface area contributed by atoms with E-state index in [-0.39, 0.29) is 17.2 Å². The molecule has 0 saturated heterocycles. The molecule has 3 rings (SSSR count). The summed E-state index contributed by atoms with van der Waals surface area (Å²) in [6.07, 6.45) is 0.728. The second-order valence-electron chi connectivity index (χ2n) is 6.07. The van der Waals surface area contributed by atoms with E-state index in [4.69, 9.17) is 4.74 Å². The number of benzene rings is 2. The zero-order valence-corrected chi connectivity index (χ0v) is 12.6. The normalized spacial score (nSPS) is 18.7. The molecule has 1 aliphatic heterocycles. The zero-order chi connectivity index (χ0) is 15.7. The predicted octanol–water partition coefficient (Wildman–Crippen LogP) is 4.41. The molecule has 0 saturated carbocycles. The van der Waals surface area contributed by atoms with E-state index in [1.165, 1.54) is 6.07 Å². The van der Waals surface area contributed by atoms with Gasteiger partial charge in [-0.3, -0.25) is 0 Å². The Morgan fingerprint density at radius 2 is 2.00 bits per heavy atom. The summed E-state index contributed by atoms with van der Waals surface area (Å²) in [5, 5.41) is 12.5. The van der Waals surface area contributed by atoms with Gasteiger partial charge in [0, 0.05) is 12.0 Å². The number of halogens is 1. The van der Waals surface area contributed by atoms with E-state index in [2.05, 4.69) is 5.32 Å². The summed E-state index contributed by atoms with van der Waals surface area (Å²) in [4.78, 5) is 0. The van der Waals surface area contributed by atoms with Crippen molar-refractivity contribution in [3.8, 4) is 11.8 Å². The lowest BCUT2D eigenvalue weighted by Crippen LogP contribution is -2.37. The van der Waals surface area contributed by atoms with Gasteiger partial charge < -0.3 is 10.1 Å². The van der Waals surface area contributed by atoms with E-state index in [1.54, 1.807) is 12.1 Å². The summed E-state index contributed by atoms with van der Waals surface area (Å²) >= 11 is 0. The fourth-order valence-electron chi connectivity index (χ4n) is 2.88. The summed E-state index contributed by atoms with van der Waals surface area (Å²) < 4.78 is 19.8. The summed E-state index contributed by atoms with van der Waals surface area (Å²) in [6, 6.07) is 14.3. The smallest absolute Gasteiger partial charge is 0.143 e. The Morgan fingerprint density at radius 1 is 1.23 bits per heavy atom. The SMILES string of the molecule is CC1(C)CC(Nc2cccc(F)c2C#N)c2ccccc2O1. The van der Waals surface area contributed by atoms with Gasteiger partial charge in [-0.2, -0.15) is 5.26 Å². The molecule has 1 aliphatic rings. The van der Waals surface area contributed by atoms with E-state index in [0.717, 1.165) is 17.7 Å². The van der Waals surface area contributed by atoms with Crippen LogP contribution in [0.15, 0.2) is 42.5 Å². The Labute approximate surface area is 129 Å². The third-order valence-electron chi connectivity index (χ3n) is 3.83. The predicted molar refractivity (Wildman–Crippen MR) is 83.2 cm³/mol. The van der Waals surface area contributed by atoms with Crippen molar-refractivity contribution in [2.75, 3.05) is 5.32 Å². The highest BCUT2D eigenvalue weighted by Gasteiger charge is 2.33. The van der Waals surface area contributed by atoms with Gasteiger partial charge in [-0.25, -0.2) is 4.39 Å². The lowest BCUT2D eigenvalue weighted by molar-refractivity contribution is 0.0759. The van der Waals surface area contributed by atoms with Crippen molar-refractivity contribution in [1.29, 1.82) is 5.26 Å². The van der Waals surface area contributed by atoms with Crippen LogP contribution in [0.4, 0.5) is 10.1 Å². The van der Waals surface area contributed by atoms with E-state index < -0.39 is 5.82 Å². The molecule has 112 valence electrons. The number of nitrogens with one attached hydrogen (secondary N) is 1. The first-order chi connectivity index (χ1) is 10.5. The monoisotopic (exact) mass is 296 g/mol. The lowest BCUT2D eigenvalue weighted by Gasteiger charge is -2.38. The molecule has 22 heavy (non-hydrogen) atoms. The third-order valence-corrected chi connectivity index (χ3v) is 3.83. The molecular weight excluding hydrogens is 279 g/mol. The average Bonchev–Trinajstić information content (AvgIpc) is 2.46. The van der Waals surface area contributed by atoms with E-state index in [9.17, 15) is 9.65 Å². The fraction of sp³-hybridized carbons (Fsp3) is 0.278. The number of para-hydroxylation sites is 1. The van der Waals surface area contributed by atoms with Gasteiger partial charge in [-0.05, 0) is 32.0 Å². The van der Waals surface area contributed by atoms with Crippen LogP contribution in [0.5, 0.6) is 5.75 Å². The Balaban J connectivity index is 1.99. The molecule has 0 aliphatic carbocycles. The van der Waals surface area contributed by atoms with Gasteiger partial charge in [0.15, 0.2) is 0 Å². The Kier molecular flexibility index (Phi) is 3.50. The molecule has 0 aromatic heterocycles. The second kappa shape index (κ2) is 5.34. The van der Waals surface area contributed by atoms with Crippen molar-refractivity contribution in [1.82, 2.24) is 0 Å². The maximum atomic E-state index is 13.8. The number of nitriles is 1. The maximum absolute atomic E-state index is 13.8. The molecule has 3 nitrogen and oxygen atoms in total. The molecule has 1 unspecified atom stereocenters. The number of ether oxygens (including phenoxy) is 1. The molecule has 1 atom stereocenters. The minimum absolute atomic E-state index is 0.0335. The van der Waals surface area contributed by atoms with E-state index in [1.807, 2.05) is 44.2 Å². The summed E-state index contributed by atoms with van der Waals surface area (Å²) in [7, 11) is 0. The van der Waals surface area contributed by atoms with E-state index in [0.29, 0.717) is 5.69 Å². The highest BCUT2D eigenvalue weighted by atomic mass is 19.1. The van der Waals surface area contributed by atoms with Crippen LogP contribution in [0, 0.1) is 17.1 Å². The first-order valence-electron chi connectivity index (χ1n) is 7.23. The molecular formula is C18H17FN2O. The van der Waals surface area contributed by atoms with Gasteiger partial charge in [0.25, 0.3) is 0 Å². The van der Waals surface area contributed by atoms with Crippen molar-refractivity contribution in [2.24, 2.45) is 0 Å². The van der Waals surface area contributed by atoms with Gasteiger partial charge >= 0.3 is 0 Å². The second-order valence-corrected chi connectivity index (χ2v) is 6.07. The molecule has 1 heterocycles. The number of hydrogen-bond donors (Lipinski definition) is 1. The van der Waals surface area contributed by atoms with Crippen molar-refractivity contribution in [2.45, 2.75) is 31.9 Å². The molecule has 0 spiro atoms. The minimum Gasteiger partial charge on any atom is -0.487 e. The Morgan fingerprint density at radius 3 is 2.77 bits per heavy atom. The minimum atomic E-state index is -0.507. The largest absolute Gasteiger partial charge is 0.487 e. The number of anilines is 1. The topological polar surface area (TPSA) is 45.0 Å². The molecule has 2 aromatic rings. The van der Waals surface area contributed by atoms with Crippen molar-refractivity contribution < 1.29 is 9.13 Å². The molecule has 0 bridgehead atoms. The van der Waals surface area contributed by atoms with Crippen LogP contribution < -0.4 is 10.1 Å². The zero-order valence-electron chi connectivity index (χ0n) is 12.6. The standard InChI is InChI=1S/C18H17FN2O/c1-18(2)10-16(12-6-3-4-9-17(12)22-18)21-15-8-5-7-14(19)13(15)11-20/h3-9,16,21H,10H2,1-2H3. The number of hydrogen-bond acceptors (Lipinski definition) is 3. The molecule has 0 amide bonds. The fourth-order valence-corrected chi connectivity index (χ4v) is 2.88. The third kappa shape index (κ3) is 2.62. The van der Waals surface area contributed by atoms with E-state index >= 15 is 0 Å². The summed E-state index contributed by atoms with van der Waals surface area (Å²) in [5.41, 5.74) is 1.26. The summed E-state index contributed by atoms with van der Waals surface area (Å²) in [6.45, 7) is 4.04. The van der Waals surface area contributed by atoms with Crippen molar-refractivity contribution >= 4 is 5.69 Å². The van der Waals surface area contributed by atoms with Gasteiger partial charge in [0.2, 0.25) is 0 Å². The molecule has 2 aromatic carbocycles. The van der Waals surface area contributed by atoms with Crippen LogP contribution in [0.2, 0.25) is 0 Å². The molecule has 1 N–H and O–H groups in total. The maximum Gasteiger partial charge on any atom is 0.143 e. The van der Waals surface area contributed by atoms with Crippen LogP contribution in [-0.4, -0.2) is 5.60 Å². The first kappa shape index (κ1) is 14.4. The first-order valence-corrected chi connectivity index (χ1v) is 7.23. The Hall–Kier alpha value is -2.54. The van der Waals surface area contributed by atoms with Crippen LogP contribution in [0.1, 0.15) is 37.4 Å². The van der Waals surface area contributed by atoms with Crippen LogP contribution >= 0.6 is 0 Å². The van der Waals surface area contributed by atoms with Crippen molar-refractivity contribution in [3.05, 3.63) is 59.4 Å². The van der Waals surface area contributed by atoms with Crippen LogP contribution in [0.25, 0.3) is 0 Å². The van der Waals surface area contributed by atoms with Gasteiger partial charge in [0.05, 0.1) is 11.7 Å². The van der Waals surface area contributed by atoms with Crippen LogP contribution in [0.3, 0.4) is 0 Å². The van der Waals surface area contributed by atoms with Crippen molar-refractivity contribution in [3.63, 3.8) is 0 Å². The van der Waals surface area contributed by atoms with Gasteiger partial charge in [-0.1, -0.05) is 24.3 Å². The molecule has 4 heteroatoms. The number of fused-ring (bicyclic) bond motifs is 1. The highest BCUT2D eigenvalue weighted by molar-refractivity contribution is 5.59. The van der Waals surface area contributed by atoms with Crippen LogP contribution in [-0.2, 0) is 0 Å².